The molecule has 0 aromatic rings. The molecule has 2 saturated carbocycles. The van der Waals surface area contributed by atoms with Gasteiger partial charge in [-0.2, -0.15) is 0 Å². The smallest absolute Gasteiger partial charge is 0.140 e. The van der Waals surface area contributed by atoms with E-state index < -0.39 is 0 Å². The maximum Gasteiger partial charge on any atom is 0.140 e. The van der Waals surface area contributed by atoms with Crippen LogP contribution in [0.2, 0.25) is 0 Å². The van der Waals surface area contributed by atoms with E-state index in [2.05, 4.69) is 0 Å². The van der Waals surface area contributed by atoms with Gasteiger partial charge in [0.1, 0.15) is 5.78 Å². The second-order valence-corrected chi connectivity index (χ2v) is 4.67. The molecule has 11 heavy (non-hydrogen) atoms. The number of halogens is 2. The van der Waals surface area contributed by atoms with E-state index in [1.807, 2.05) is 6.92 Å². The maximum atomic E-state index is 11.4. The third kappa shape index (κ3) is 0.714. The zero-order chi connectivity index (χ0) is 8.22. The van der Waals surface area contributed by atoms with Crippen LogP contribution in [0.3, 0.4) is 0 Å². The quantitative estimate of drug-likeness (QED) is 0.539. The van der Waals surface area contributed by atoms with Crippen molar-refractivity contribution in [1.29, 1.82) is 0 Å². The lowest BCUT2D eigenvalue weighted by Crippen LogP contribution is -2.58. The van der Waals surface area contributed by atoms with Gasteiger partial charge in [-0.05, 0) is 12.3 Å². The van der Waals surface area contributed by atoms with Crippen molar-refractivity contribution in [2.45, 2.75) is 30.5 Å². The highest BCUT2D eigenvalue weighted by Gasteiger charge is 2.64. The first-order valence-electron chi connectivity index (χ1n) is 3.90. The first-order valence-corrected chi connectivity index (χ1v) is 4.77. The van der Waals surface area contributed by atoms with Gasteiger partial charge < -0.3 is 0 Å². The lowest BCUT2D eigenvalue weighted by molar-refractivity contribution is -0.129. The molecule has 0 heterocycles. The standard InChI is InChI=1S/C8H10Cl2O/c1-8-4(2-3-5(8)11)6(9)7(8)10/h4,6-7H,2-3H2,1H3/t4-,6-,7+,8+/m0/s1. The zero-order valence-corrected chi connectivity index (χ0v) is 7.82. The lowest BCUT2D eigenvalue weighted by atomic mass is 9.62. The summed E-state index contributed by atoms with van der Waals surface area (Å²) in [6.07, 6.45) is 1.61. The van der Waals surface area contributed by atoms with E-state index in [0.717, 1.165) is 6.42 Å². The lowest BCUT2D eigenvalue weighted by Gasteiger charge is -2.49. The van der Waals surface area contributed by atoms with E-state index >= 15 is 0 Å². The Balaban J connectivity index is 2.30. The fourth-order valence-corrected chi connectivity index (χ4v) is 3.44. The Hall–Kier alpha value is 0.250. The van der Waals surface area contributed by atoms with Gasteiger partial charge >= 0.3 is 0 Å². The Labute approximate surface area is 76.1 Å². The number of Topliss-reactive ketones (excluding diaryl/α,β-unsaturated/α-hetero) is 1. The average molecular weight is 193 g/mol. The van der Waals surface area contributed by atoms with Crippen LogP contribution in [0.4, 0.5) is 0 Å². The Morgan fingerprint density at radius 1 is 1.55 bits per heavy atom. The summed E-state index contributed by atoms with van der Waals surface area (Å²) >= 11 is 12.0. The molecule has 0 radical (unpaired) electrons. The summed E-state index contributed by atoms with van der Waals surface area (Å²) in [7, 11) is 0. The molecule has 0 bridgehead atoms. The number of fused-ring (bicyclic) bond motifs is 1. The molecule has 2 fully saturated rings. The fourth-order valence-electron chi connectivity index (χ4n) is 2.33. The largest absolute Gasteiger partial charge is 0.299 e. The highest BCUT2D eigenvalue weighted by atomic mass is 35.5. The van der Waals surface area contributed by atoms with E-state index in [1.165, 1.54) is 0 Å². The van der Waals surface area contributed by atoms with Gasteiger partial charge in [-0.15, -0.1) is 23.2 Å². The monoisotopic (exact) mass is 192 g/mol. The van der Waals surface area contributed by atoms with Crippen molar-refractivity contribution in [3.8, 4) is 0 Å². The van der Waals surface area contributed by atoms with Crippen molar-refractivity contribution >= 4 is 29.0 Å². The van der Waals surface area contributed by atoms with Gasteiger partial charge in [-0.3, -0.25) is 4.79 Å². The van der Waals surface area contributed by atoms with Gasteiger partial charge in [0.2, 0.25) is 0 Å². The van der Waals surface area contributed by atoms with Crippen molar-refractivity contribution in [3.63, 3.8) is 0 Å². The predicted octanol–water partition coefficient (Wildman–Crippen LogP) is 2.20. The fraction of sp³-hybridized carbons (Fsp3) is 0.875. The maximum absolute atomic E-state index is 11.4. The summed E-state index contributed by atoms with van der Waals surface area (Å²) in [6.45, 7) is 1.95. The third-order valence-electron chi connectivity index (χ3n) is 3.29. The Morgan fingerprint density at radius 2 is 2.18 bits per heavy atom. The van der Waals surface area contributed by atoms with Gasteiger partial charge in [0, 0.05) is 11.8 Å². The molecular weight excluding hydrogens is 183 g/mol. The predicted molar refractivity (Wildman–Crippen MR) is 45.1 cm³/mol. The molecule has 0 aliphatic heterocycles. The summed E-state index contributed by atoms with van der Waals surface area (Å²) in [6, 6.07) is 0. The van der Waals surface area contributed by atoms with E-state index in [1.54, 1.807) is 0 Å². The Kier molecular flexibility index (Phi) is 1.53. The SMILES string of the molecule is C[C@]12C(=O)CC[C@H]1[C@H](Cl)[C@H]2Cl. The van der Waals surface area contributed by atoms with Crippen molar-refractivity contribution < 1.29 is 4.79 Å². The summed E-state index contributed by atoms with van der Waals surface area (Å²) in [5, 5.41) is -0.114. The highest BCUT2D eigenvalue weighted by molar-refractivity contribution is 6.34. The molecule has 1 nitrogen and oxygen atoms in total. The first kappa shape index (κ1) is 7.88. The minimum absolute atomic E-state index is 0.0214. The van der Waals surface area contributed by atoms with Crippen molar-refractivity contribution in [2.24, 2.45) is 11.3 Å². The molecule has 2 aliphatic rings. The van der Waals surface area contributed by atoms with Crippen LogP contribution in [0.25, 0.3) is 0 Å². The Bertz CT molecular complexity index is 216. The van der Waals surface area contributed by atoms with Gasteiger partial charge in [0.05, 0.1) is 10.8 Å². The average Bonchev–Trinajstić information content (AvgIpc) is 2.27. The molecule has 0 N–H and O–H groups in total. The number of carbonyl (C=O) groups excluding carboxylic acids is 1. The highest BCUT2D eigenvalue weighted by Crippen LogP contribution is 2.59. The van der Waals surface area contributed by atoms with Crippen LogP contribution in [-0.2, 0) is 4.79 Å². The molecule has 2 rings (SSSR count). The number of rotatable bonds is 0. The Morgan fingerprint density at radius 3 is 2.73 bits per heavy atom. The zero-order valence-electron chi connectivity index (χ0n) is 6.31. The normalized spacial score (nSPS) is 55.5. The molecule has 0 spiro atoms. The number of alkyl halides is 2. The topological polar surface area (TPSA) is 17.1 Å². The second-order valence-electron chi connectivity index (χ2n) is 3.70. The number of hydrogen-bond acceptors (Lipinski definition) is 1. The van der Waals surface area contributed by atoms with Crippen LogP contribution >= 0.6 is 23.2 Å². The summed E-state index contributed by atoms with van der Waals surface area (Å²) < 4.78 is 0. The van der Waals surface area contributed by atoms with Crippen molar-refractivity contribution in [2.75, 3.05) is 0 Å². The molecule has 0 saturated heterocycles. The molecule has 3 heteroatoms. The molecule has 0 unspecified atom stereocenters. The van der Waals surface area contributed by atoms with Crippen molar-refractivity contribution in [3.05, 3.63) is 0 Å². The number of hydrogen-bond donors (Lipinski definition) is 0. The molecule has 0 aromatic heterocycles. The van der Waals surface area contributed by atoms with Crippen LogP contribution in [0.5, 0.6) is 0 Å². The molecule has 2 aliphatic carbocycles. The number of ketones is 1. The van der Waals surface area contributed by atoms with Crippen LogP contribution in [0.1, 0.15) is 19.8 Å². The molecule has 0 amide bonds. The number of carbonyl (C=O) groups is 1. The first-order chi connectivity index (χ1) is 5.08. The van der Waals surface area contributed by atoms with Crippen LogP contribution < -0.4 is 0 Å². The van der Waals surface area contributed by atoms with E-state index in [0.29, 0.717) is 18.1 Å². The van der Waals surface area contributed by atoms with Crippen LogP contribution in [0.15, 0.2) is 0 Å². The molecule has 0 aromatic carbocycles. The summed E-state index contributed by atoms with van der Waals surface area (Å²) in [4.78, 5) is 11.4. The van der Waals surface area contributed by atoms with Gasteiger partial charge in [-0.25, -0.2) is 0 Å². The van der Waals surface area contributed by atoms with Crippen LogP contribution in [0, 0.1) is 11.3 Å². The summed E-state index contributed by atoms with van der Waals surface area (Å²) in [5.74, 6) is 0.651. The van der Waals surface area contributed by atoms with Gasteiger partial charge in [-0.1, -0.05) is 6.92 Å². The second kappa shape index (κ2) is 2.14. The van der Waals surface area contributed by atoms with Gasteiger partial charge in [0.25, 0.3) is 0 Å². The van der Waals surface area contributed by atoms with Gasteiger partial charge in [0.15, 0.2) is 0 Å². The molecular formula is C8H10Cl2O. The molecule has 62 valence electrons. The van der Waals surface area contributed by atoms with E-state index in [-0.39, 0.29) is 16.2 Å². The minimum atomic E-state index is -0.284. The minimum Gasteiger partial charge on any atom is -0.299 e. The van der Waals surface area contributed by atoms with Crippen LogP contribution in [-0.4, -0.2) is 16.5 Å². The third-order valence-corrected chi connectivity index (χ3v) is 4.70. The summed E-state index contributed by atoms with van der Waals surface area (Å²) in [5.41, 5.74) is -0.284. The molecule has 4 atom stereocenters. The van der Waals surface area contributed by atoms with Crippen molar-refractivity contribution in [1.82, 2.24) is 0 Å². The van der Waals surface area contributed by atoms with E-state index in [4.69, 9.17) is 23.2 Å². The van der Waals surface area contributed by atoms with E-state index in [9.17, 15) is 4.79 Å².